The van der Waals surface area contributed by atoms with Gasteiger partial charge in [-0.3, -0.25) is 4.98 Å². The topological polar surface area (TPSA) is 85.1 Å². The molecule has 1 heterocycles. The summed E-state index contributed by atoms with van der Waals surface area (Å²) in [7, 11) is -3.98. The maximum atomic E-state index is 13.9. The minimum atomic E-state index is -3.98. The predicted octanol–water partition coefficient (Wildman–Crippen LogP) is 1.59. The Morgan fingerprint density at radius 1 is 1.35 bits per heavy atom. The molecule has 106 valence electrons. The summed E-state index contributed by atoms with van der Waals surface area (Å²) in [6.07, 6.45) is 1.55. The highest BCUT2D eigenvalue weighted by Crippen LogP contribution is 2.21. The van der Waals surface area contributed by atoms with Crippen molar-refractivity contribution in [1.29, 1.82) is 0 Å². The van der Waals surface area contributed by atoms with Crippen LogP contribution in [0.2, 0.25) is 0 Å². The Kier molecular flexibility index (Phi) is 4.01. The number of benzene rings is 1. The molecule has 0 aliphatic carbocycles. The molecule has 7 heteroatoms. The van der Waals surface area contributed by atoms with Crippen molar-refractivity contribution in [2.75, 3.05) is 5.73 Å². The highest BCUT2D eigenvalue weighted by Gasteiger charge is 2.21. The van der Waals surface area contributed by atoms with Crippen LogP contribution in [0.4, 0.5) is 10.1 Å². The van der Waals surface area contributed by atoms with Gasteiger partial charge in [0.15, 0.2) is 0 Å². The number of nitrogens with one attached hydrogen (secondary N) is 1. The number of nitrogens with two attached hydrogens (primary N) is 1. The first kappa shape index (κ1) is 14.4. The number of rotatable bonds is 4. The molecule has 0 amide bonds. The second-order valence-corrected chi connectivity index (χ2v) is 6.03. The number of aromatic nitrogens is 1. The summed E-state index contributed by atoms with van der Waals surface area (Å²) in [6.45, 7) is 1.44. The van der Waals surface area contributed by atoms with Gasteiger partial charge in [0.25, 0.3) is 0 Å². The Hall–Kier alpha value is -1.99. The van der Waals surface area contributed by atoms with Crippen molar-refractivity contribution in [3.63, 3.8) is 0 Å². The first-order valence-electron chi connectivity index (χ1n) is 5.85. The monoisotopic (exact) mass is 295 g/mol. The van der Waals surface area contributed by atoms with E-state index >= 15 is 0 Å². The summed E-state index contributed by atoms with van der Waals surface area (Å²) in [4.78, 5) is 3.53. The zero-order valence-electron chi connectivity index (χ0n) is 10.8. The van der Waals surface area contributed by atoms with Gasteiger partial charge >= 0.3 is 0 Å². The van der Waals surface area contributed by atoms with E-state index in [0.29, 0.717) is 5.69 Å². The van der Waals surface area contributed by atoms with Crippen LogP contribution in [-0.2, 0) is 16.6 Å². The summed E-state index contributed by atoms with van der Waals surface area (Å²) in [5.41, 5.74) is 6.48. The van der Waals surface area contributed by atoms with Crippen molar-refractivity contribution < 1.29 is 12.8 Å². The Morgan fingerprint density at radius 2 is 2.10 bits per heavy atom. The van der Waals surface area contributed by atoms with E-state index in [9.17, 15) is 12.8 Å². The van der Waals surface area contributed by atoms with E-state index in [0.717, 1.165) is 6.07 Å². The number of pyridine rings is 1. The minimum absolute atomic E-state index is 0.0174. The van der Waals surface area contributed by atoms with Crippen LogP contribution >= 0.6 is 0 Å². The van der Waals surface area contributed by atoms with Crippen LogP contribution < -0.4 is 10.5 Å². The van der Waals surface area contributed by atoms with Gasteiger partial charge in [-0.25, -0.2) is 17.5 Å². The van der Waals surface area contributed by atoms with Gasteiger partial charge in [-0.15, -0.1) is 0 Å². The SMILES string of the molecule is Cc1cc(N)cc(S(=O)(=O)NCc2ccccn2)c1F. The molecule has 1 aromatic carbocycles. The van der Waals surface area contributed by atoms with E-state index < -0.39 is 20.7 Å². The third kappa shape index (κ3) is 3.12. The lowest BCUT2D eigenvalue weighted by Crippen LogP contribution is -2.25. The minimum Gasteiger partial charge on any atom is -0.399 e. The normalized spacial score (nSPS) is 11.5. The Morgan fingerprint density at radius 3 is 2.75 bits per heavy atom. The lowest BCUT2D eigenvalue weighted by atomic mass is 10.2. The molecule has 0 bridgehead atoms. The maximum absolute atomic E-state index is 13.9. The molecule has 5 nitrogen and oxygen atoms in total. The van der Waals surface area contributed by atoms with Gasteiger partial charge in [-0.1, -0.05) is 6.07 Å². The second kappa shape index (κ2) is 5.56. The van der Waals surface area contributed by atoms with Gasteiger partial charge in [-0.05, 0) is 36.8 Å². The van der Waals surface area contributed by atoms with Crippen molar-refractivity contribution in [2.24, 2.45) is 0 Å². The van der Waals surface area contributed by atoms with E-state index in [4.69, 9.17) is 5.73 Å². The molecule has 0 radical (unpaired) electrons. The molecule has 0 saturated carbocycles. The predicted molar refractivity (Wildman–Crippen MR) is 73.8 cm³/mol. The smallest absolute Gasteiger partial charge is 0.243 e. The van der Waals surface area contributed by atoms with Gasteiger partial charge in [-0.2, -0.15) is 0 Å². The molecule has 1 aromatic heterocycles. The zero-order valence-corrected chi connectivity index (χ0v) is 11.6. The number of sulfonamides is 1. The van der Waals surface area contributed by atoms with Crippen molar-refractivity contribution in [2.45, 2.75) is 18.4 Å². The van der Waals surface area contributed by atoms with Crippen LogP contribution in [-0.4, -0.2) is 13.4 Å². The van der Waals surface area contributed by atoms with Crippen molar-refractivity contribution in [1.82, 2.24) is 9.71 Å². The van der Waals surface area contributed by atoms with E-state index in [1.165, 1.54) is 13.0 Å². The fraction of sp³-hybridized carbons (Fsp3) is 0.154. The summed E-state index contributed by atoms with van der Waals surface area (Å²) >= 11 is 0. The van der Waals surface area contributed by atoms with E-state index in [1.54, 1.807) is 24.4 Å². The van der Waals surface area contributed by atoms with Gasteiger partial charge in [0.05, 0.1) is 12.2 Å². The summed E-state index contributed by atoms with van der Waals surface area (Å²) < 4.78 is 40.4. The molecule has 0 saturated heterocycles. The zero-order chi connectivity index (χ0) is 14.8. The largest absolute Gasteiger partial charge is 0.399 e. The molecular weight excluding hydrogens is 281 g/mol. The molecule has 0 aliphatic heterocycles. The number of nitrogens with zero attached hydrogens (tertiary/aromatic N) is 1. The summed E-state index contributed by atoms with van der Waals surface area (Å²) in [6, 6.07) is 7.61. The molecule has 2 aromatic rings. The number of halogens is 1. The Balaban J connectivity index is 2.27. The summed E-state index contributed by atoms with van der Waals surface area (Å²) in [5, 5.41) is 0. The molecule has 0 unspecified atom stereocenters. The molecule has 0 fully saturated rings. The number of nitrogen functional groups attached to an aromatic ring is 1. The standard InChI is InChI=1S/C13H14FN3O2S/c1-9-6-10(15)7-12(13(9)14)20(18,19)17-8-11-4-2-3-5-16-11/h2-7,17H,8,15H2,1H3. The highest BCUT2D eigenvalue weighted by atomic mass is 32.2. The van der Waals surface area contributed by atoms with Crippen LogP contribution in [0.15, 0.2) is 41.4 Å². The van der Waals surface area contributed by atoms with Gasteiger partial charge in [0.1, 0.15) is 10.7 Å². The number of aryl methyl sites for hydroxylation is 1. The van der Waals surface area contributed by atoms with E-state index in [2.05, 4.69) is 9.71 Å². The van der Waals surface area contributed by atoms with Gasteiger partial charge < -0.3 is 5.73 Å². The van der Waals surface area contributed by atoms with E-state index in [-0.39, 0.29) is 17.8 Å². The maximum Gasteiger partial charge on any atom is 0.243 e. The third-order valence-corrected chi connectivity index (χ3v) is 4.10. The fourth-order valence-corrected chi connectivity index (χ4v) is 2.89. The molecule has 2 rings (SSSR count). The second-order valence-electron chi connectivity index (χ2n) is 4.30. The lowest BCUT2D eigenvalue weighted by molar-refractivity contribution is 0.552. The first-order valence-corrected chi connectivity index (χ1v) is 7.33. The van der Waals surface area contributed by atoms with Crippen LogP contribution in [0, 0.1) is 12.7 Å². The van der Waals surface area contributed by atoms with Gasteiger partial charge in [0.2, 0.25) is 10.0 Å². The quantitative estimate of drug-likeness (QED) is 0.839. The van der Waals surface area contributed by atoms with Crippen molar-refractivity contribution in [3.05, 3.63) is 53.6 Å². The number of hydrogen-bond donors (Lipinski definition) is 2. The number of hydrogen-bond acceptors (Lipinski definition) is 4. The molecule has 3 N–H and O–H groups in total. The highest BCUT2D eigenvalue weighted by molar-refractivity contribution is 7.89. The van der Waals surface area contributed by atoms with Crippen LogP contribution in [0.25, 0.3) is 0 Å². The average molecular weight is 295 g/mol. The van der Waals surface area contributed by atoms with Crippen LogP contribution in [0.5, 0.6) is 0 Å². The molecule has 20 heavy (non-hydrogen) atoms. The van der Waals surface area contributed by atoms with Gasteiger partial charge in [0, 0.05) is 11.9 Å². The average Bonchev–Trinajstić information content (AvgIpc) is 2.42. The van der Waals surface area contributed by atoms with Crippen molar-refractivity contribution in [3.8, 4) is 0 Å². The molecule has 0 spiro atoms. The summed E-state index contributed by atoms with van der Waals surface area (Å²) in [5.74, 6) is -0.798. The lowest BCUT2D eigenvalue weighted by Gasteiger charge is -2.10. The fourth-order valence-electron chi connectivity index (χ4n) is 1.71. The Bertz CT molecular complexity index is 718. The number of anilines is 1. The third-order valence-electron chi connectivity index (χ3n) is 2.70. The Labute approximate surface area is 116 Å². The van der Waals surface area contributed by atoms with Crippen LogP contribution in [0.1, 0.15) is 11.3 Å². The molecular formula is C13H14FN3O2S. The molecule has 0 aliphatic rings. The van der Waals surface area contributed by atoms with Crippen LogP contribution in [0.3, 0.4) is 0 Å². The van der Waals surface area contributed by atoms with Crippen molar-refractivity contribution >= 4 is 15.7 Å². The molecule has 0 atom stereocenters. The first-order chi connectivity index (χ1) is 9.40. The van der Waals surface area contributed by atoms with E-state index in [1.807, 2.05) is 0 Å².